The van der Waals surface area contributed by atoms with E-state index in [9.17, 15) is 13.2 Å². The molecule has 1 heterocycles. The van der Waals surface area contributed by atoms with Crippen molar-refractivity contribution in [2.75, 3.05) is 24.2 Å². The van der Waals surface area contributed by atoms with Gasteiger partial charge in [0.05, 0.1) is 12.7 Å². The first-order valence-corrected chi connectivity index (χ1v) is 7.02. The molecule has 5 nitrogen and oxygen atoms in total. The van der Waals surface area contributed by atoms with Gasteiger partial charge < -0.3 is 15.8 Å². The van der Waals surface area contributed by atoms with Crippen molar-refractivity contribution >= 4 is 11.6 Å². The van der Waals surface area contributed by atoms with Crippen molar-refractivity contribution in [3.05, 3.63) is 11.9 Å². The fourth-order valence-corrected chi connectivity index (χ4v) is 2.32. The van der Waals surface area contributed by atoms with E-state index in [0.717, 1.165) is 12.8 Å². The highest BCUT2D eigenvalue weighted by Crippen LogP contribution is 2.27. The summed E-state index contributed by atoms with van der Waals surface area (Å²) in [5, 5.41) is 2.78. The molecule has 8 heteroatoms. The molecule has 21 heavy (non-hydrogen) atoms. The van der Waals surface area contributed by atoms with Gasteiger partial charge in [-0.05, 0) is 12.8 Å². The average Bonchev–Trinajstić information content (AvgIpc) is 2.43. The molecule has 0 aliphatic heterocycles. The standard InChI is InChI=1S/C13H19F3N4O/c14-13(15,16)12-19-10(17)8-11(20-12)18-6-7-21-9-4-2-1-3-5-9/h8-9H,1-7H2,(H3,17,18,19,20). The van der Waals surface area contributed by atoms with Gasteiger partial charge in [-0.2, -0.15) is 13.2 Å². The van der Waals surface area contributed by atoms with E-state index in [2.05, 4.69) is 15.3 Å². The highest BCUT2D eigenvalue weighted by molar-refractivity contribution is 5.44. The largest absolute Gasteiger partial charge is 0.451 e. The summed E-state index contributed by atoms with van der Waals surface area (Å²) in [5.41, 5.74) is 5.35. The molecule has 2 rings (SSSR count). The van der Waals surface area contributed by atoms with E-state index in [1.165, 1.54) is 25.3 Å². The summed E-state index contributed by atoms with van der Waals surface area (Å²) in [5.74, 6) is -1.40. The maximum atomic E-state index is 12.5. The minimum absolute atomic E-state index is 0.0575. The Morgan fingerprint density at radius 2 is 1.95 bits per heavy atom. The van der Waals surface area contributed by atoms with Crippen LogP contribution in [0.15, 0.2) is 6.07 Å². The Morgan fingerprint density at radius 1 is 1.24 bits per heavy atom. The Hall–Kier alpha value is -1.57. The van der Waals surface area contributed by atoms with Crippen LogP contribution in [0.3, 0.4) is 0 Å². The Morgan fingerprint density at radius 3 is 2.62 bits per heavy atom. The van der Waals surface area contributed by atoms with Gasteiger partial charge in [0.25, 0.3) is 0 Å². The molecule has 0 radical (unpaired) electrons. The van der Waals surface area contributed by atoms with Gasteiger partial charge in [0, 0.05) is 12.6 Å². The molecule has 3 N–H and O–H groups in total. The van der Waals surface area contributed by atoms with Crippen LogP contribution in [-0.4, -0.2) is 29.2 Å². The smallest absolute Gasteiger partial charge is 0.384 e. The fourth-order valence-electron chi connectivity index (χ4n) is 2.32. The third kappa shape index (κ3) is 5.04. The highest BCUT2D eigenvalue weighted by Gasteiger charge is 2.35. The van der Waals surface area contributed by atoms with Crippen LogP contribution in [-0.2, 0) is 10.9 Å². The molecule has 0 atom stereocenters. The van der Waals surface area contributed by atoms with Crippen molar-refractivity contribution in [1.29, 1.82) is 0 Å². The topological polar surface area (TPSA) is 73.1 Å². The maximum absolute atomic E-state index is 12.5. The summed E-state index contributed by atoms with van der Waals surface area (Å²) in [6.07, 6.45) is 1.37. The van der Waals surface area contributed by atoms with Gasteiger partial charge in [-0.25, -0.2) is 9.97 Å². The molecule has 1 saturated carbocycles. The Kier molecular flexibility index (Phi) is 5.22. The molecular weight excluding hydrogens is 285 g/mol. The number of ether oxygens (including phenoxy) is 1. The van der Waals surface area contributed by atoms with Crippen LogP contribution in [0, 0.1) is 0 Å². The van der Waals surface area contributed by atoms with Gasteiger partial charge in [0.1, 0.15) is 11.6 Å². The third-order valence-corrected chi connectivity index (χ3v) is 3.31. The SMILES string of the molecule is Nc1cc(NCCOC2CCCCC2)nc(C(F)(F)F)n1. The number of alkyl halides is 3. The summed E-state index contributed by atoms with van der Waals surface area (Å²) in [7, 11) is 0. The van der Waals surface area contributed by atoms with E-state index < -0.39 is 12.0 Å². The van der Waals surface area contributed by atoms with Crippen LogP contribution in [0.1, 0.15) is 37.9 Å². The normalized spacial score (nSPS) is 16.9. The van der Waals surface area contributed by atoms with E-state index in [1.54, 1.807) is 0 Å². The number of anilines is 2. The summed E-state index contributed by atoms with van der Waals surface area (Å²) in [6, 6.07) is 1.27. The van der Waals surface area contributed by atoms with Crippen LogP contribution in [0.4, 0.5) is 24.8 Å². The van der Waals surface area contributed by atoms with Gasteiger partial charge in [-0.15, -0.1) is 0 Å². The zero-order valence-electron chi connectivity index (χ0n) is 11.6. The van der Waals surface area contributed by atoms with Crippen molar-refractivity contribution in [3.8, 4) is 0 Å². The molecule has 0 unspecified atom stereocenters. The Bertz CT molecular complexity index is 461. The first kappa shape index (κ1) is 15.8. The number of nitrogens with one attached hydrogen (secondary N) is 1. The fraction of sp³-hybridized carbons (Fsp3) is 0.692. The summed E-state index contributed by atoms with van der Waals surface area (Å²) >= 11 is 0. The quantitative estimate of drug-likeness (QED) is 0.818. The minimum Gasteiger partial charge on any atom is -0.384 e. The molecule has 1 aromatic rings. The predicted molar refractivity (Wildman–Crippen MR) is 72.8 cm³/mol. The van der Waals surface area contributed by atoms with Gasteiger partial charge in [0.15, 0.2) is 0 Å². The second kappa shape index (κ2) is 6.93. The third-order valence-electron chi connectivity index (χ3n) is 3.31. The molecule has 0 bridgehead atoms. The number of halogens is 3. The lowest BCUT2D eigenvalue weighted by Gasteiger charge is -2.22. The molecule has 0 amide bonds. The zero-order valence-corrected chi connectivity index (χ0v) is 11.6. The second-order valence-corrected chi connectivity index (χ2v) is 5.06. The number of rotatable bonds is 5. The van der Waals surface area contributed by atoms with E-state index in [4.69, 9.17) is 10.5 Å². The van der Waals surface area contributed by atoms with Gasteiger partial charge in [-0.1, -0.05) is 19.3 Å². The minimum atomic E-state index is -4.61. The zero-order chi connectivity index (χ0) is 15.3. The number of nitrogen functional groups attached to an aromatic ring is 1. The van der Waals surface area contributed by atoms with Crippen LogP contribution in [0.25, 0.3) is 0 Å². The lowest BCUT2D eigenvalue weighted by Crippen LogP contribution is -2.21. The van der Waals surface area contributed by atoms with Crippen LogP contribution < -0.4 is 11.1 Å². The first-order chi connectivity index (χ1) is 9.95. The number of nitrogens with zero attached hydrogens (tertiary/aromatic N) is 2. The highest BCUT2D eigenvalue weighted by atomic mass is 19.4. The molecule has 1 fully saturated rings. The van der Waals surface area contributed by atoms with Crippen molar-refractivity contribution in [2.24, 2.45) is 0 Å². The van der Waals surface area contributed by atoms with E-state index in [0.29, 0.717) is 13.2 Å². The first-order valence-electron chi connectivity index (χ1n) is 7.02. The Labute approximate surface area is 121 Å². The number of hydrogen-bond donors (Lipinski definition) is 2. The van der Waals surface area contributed by atoms with Crippen LogP contribution >= 0.6 is 0 Å². The molecule has 0 saturated heterocycles. The molecule has 118 valence electrons. The lowest BCUT2D eigenvalue weighted by atomic mass is 9.98. The number of aromatic nitrogens is 2. The van der Waals surface area contributed by atoms with Gasteiger partial charge in [0.2, 0.25) is 5.82 Å². The molecule has 0 aromatic carbocycles. The van der Waals surface area contributed by atoms with E-state index in [1.807, 2.05) is 0 Å². The van der Waals surface area contributed by atoms with E-state index in [-0.39, 0.29) is 17.7 Å². The summed E-state index contributed by atoms with van der Waals surface area (Å²) < 4.78 is 43.3. The van der Waals surface area contributed by atoms with Gasteiger partial charge in [-0.3, -0.25) is 0 Å². The molecule has 1 aliphatic rings. The maximum Gasteiger partial charge on any atom is 0.451 e. The van der Waals surface area contributed by atoms with E-state index >= 15 is 0 Å². The summed E-state index contributed by atoms with van der Waals surface area (Å²) in [4.78, 5) is 6.58. The summed E-state index contributed by atoms with van der Waals surface area (Å²) in [6.45, 7) is 0.806. The molecule has 1 aliphatic carbocycles. The molecular formula is C13H19F3N4O. The molecule has 0 spiro atoms. The number of hydrogen-bond acceptors (Lipinski definition) is 5. The van der Waals surface area contributed by atoms with Crippen LogP contribution in [0.2, 0.25) is 0 Å². The van der Waals surface area contributed by atoms with Crippen molar-refractivity contribution in [2.45, 2.75) is 44.4 Å². The van der Waals surface area contributed by atoms with Crippen molar-refractivity contribution < 1.29 is 17.9 Å². The lowest BCUT2D eigenvalue weighted by molar-refractivity contribution is -0.144. The number of nitrogens with two attached hydrogens (primary N) is 1. The van der Waals surface area contributed by atoms with Crippen LogP contribution in [0.5, 0.6) is 0 Å². The second-order valence-electron chi connectivity index (χ2n) is 5.06. The average molecular weight is 304 g/mol. The Balaban J connectivity index is 1.81. The molecule has 1 aromatic heterocycles. The van der Waals surface area contributed by atoms with Crippen molar-refractivity contribution in [3.63, 3.8) is 0 Å². The monoisotopic (exact) mass is 304 g/mol. The van der Waals surface area contributed by atoms with Crippen molar-refractivity contribution in [1.82, 2.24) is 9.97 Å². The predicted octanol–water partition coefficient (Wildman–Crippen LogP) is 2.84. The van der Waals surface area contributed by atoms with Gasteiger partial charge >= 0.3 is 6.18 Å².